The standard InChI is InChI=1S/C18H16BrClN2O2S/c1-2-22-17(23)13-11-12(19)7-8-15(13)21-18(22)25-10-9-24-16-6-4-3-5-14(16)20/h3-8,11H,2,9-10H2,1H3. The average Bonchev–Trinajstić information content (AvgIpc) is 2.61. The van der Waals surface area contributed by atoms with Gasteiger partial charge in [-0.15, -0.1) is 0 Å². The van der Waals surface area contributed by atoms with Crippen LogP contribution in [0.15, 0.2) is 56.9 Å². The van der Waals surface area contributed by atoms with E-state index in [0.717, 1.165) is 4.47 Å². The molecule has 0 atom stereocenters. The summed E-state index contributed by atoms with van der Waals surface area (Å²) in [6.45, 7) is 2.99. The minimum Gasteiger partial charge on any atom is -0.491 e. The molecule has 0 aliphatic heterocycles. The molecule has 0 bridgehead atoms. The summed E-state index contributed by atoms with van der Waals surface area (Å²) in [6, 6.07) is 12.9. The molecule has 0 unspecified atom stereocenters. The summed E-state index contributed by atoms with van der Waals surface area (Å²) in [6.07, 6.45) is 0. The van der Waals surface area contributed by atoms with Crippen LogP contribution in [-0.4, -0.2) is 21.9 Å². The Labute approximate surface area is 163 Å². The zero-order chi connectivity index (χ0) is 17.8. The Morgan fingerprint density at radius 3 is 2.84 bits per heavy atom. The van der Waals surface area contributed by atoms with E-state index in [0.29, 0.717) is 45.7 Å². The quantitative estimate of drug-likeness (QED) is 0.308. The number of nitrogens with zero attached hydrogens (tertiary/aromatic N) is 2. The van der Waals surface area contributed by atoms with E-state index in [4.69, 9.17) is 16.3 Å². The summed E-state index contributed by atoms with van der Waals surface area (Å²) in [7, 11) is 0. The third-order valence-electron chi connectivity index (χ3n) is 3.61. The van der Waals surface area contributed by atoms with Gasteiger partial charge in [-0.25, -0.2) is 4.98 Å². The molecular weight excluding hydrogens is 424 g/mol. The summed E-state index contributed by atoms with van der Waals surface area (Å²) in [5, 5.41) is 1.91. The maximum absolute atomic E-state index is 12.7. The molecule has 0 saturated carbocycles. The molecule has 0 N–H and O–H groups in total. The van der Waals surface area contributed by atoms with Crippen molar-refractivity contribution in [1.29, 1.82) is 0 Å². The molecule has 3 rings (SSSR count). The summed E-state index contributed by atoms with van der Waals surface area (Å²) < 4.78 is 8.25. The molecule has 4 nitrogen and oxygen atoms in total. The van der Waals surface area contributed by atoms with Gasteiger partial charge in [0.05, 0.1) is 22.5 Å². The molecular formula is C18H16BrClN2O2S. The predicted octanol–water partition coefficient (Wildman–Crippen LogP) is 5.00. The van der Waals surface area contributed by atoms with E-state index in [1.54, 1.807) is 10.6 Å². The number of para-hydroxylation sites is 1. The predicted molar refractivity (Wildman–Crippen MR) is 107 cm³/mol. The fraction of sp³-hybridized carbons (Fsp3) is 0.222. The monoisotopic (exact) mass is 438 g/mol. The normalized spacial score (nSPS) is 11.0. The second-order valence-corrected chi connectivity index (χ2v) is 7.62. The van der Waals surface area contributed by atoms with Crippen molar-refractivity contribution >= 4 is 50.2 Å². The molecule has 0 saturated heterocycles. The Kier molecular flexibility index (Phi) is 6.04. The minimum atomic E-state index is -0.0247. The van der Waals surface area contributed by atoms with Gasteiger partial charge in [0.15, 0.2) is 5.16 Å². The van der Waals surface area contributed by atoms with Crippen molar-refractivity contribution in [1.82, 2.24) is 9.55 Å². The van der Waals surface area contributed by atoms with Crippen LogP contribution in [0.5, 0.6) is 5.75 Å². The zero-order valence-corrected chi connectivity index (χ0v) is 16.7. The number of hydrogen-bond acceptors (Lipinski definition) is 4. The van der Waals surface area contributed by atoms with Crippen LogP contribution in [0.2, 0.25) is 5.02 Å². The van der Waals surface area contributed by atoms with E-state index in [1.165, 1.54) is 11.8 Å². The van der Waals surface area contributed by atoms with Crippen LogP contribution in [0.3, 0.4) is 0 Å². The van der Waals surface area contributed by atoms with Crippen molar-refractivity contribution in [2.45, 2.75) is 18.6 Å². The van der Waals surface area contributed by atoms with Crippen LogP contribution in [0.4, 0.5) is 0 Å². The maximum atomic E-state index is 12.7. The number of ether oxygens (including phenoxy) is 1. The van der Waals surface area contributed by atoms with Gasteiger partial charge in [0.1, 0.15) is 5.75 Å². The van der Waals surface area contributed by atoms with Crippen LogP contribution < -0.4 is 10.3 Å². The van der Waals surface area contributed by atoms with Crippen molar-refractivity contribution in [2.75, 3.05) is 12.4 Å². The largest absolute Gasteiger partial charge is 0.491 e. The van der Waals surface area contributed by atoms with Gasteiger partial charge in [-0.1, -0.05) is 51.4 Å². The molecule has 0 fully saturated rings. The van der Waals surface area contributed by atoms with E-state index >= 15 is 0 Å². The number of benzene rings is 2. The lowest BCUT2D eigenvalue weighted by molar-refractivity contribution is 0.344. The lowest BCUT2D eigenvalue weighted by Gasteiger charge is -2.12. The highest BCUT2D eigenvalue weighted by Gasteiger charge is 2.11. The first-order valence-corrected chi connectivity index (χ1v) is 9.96. The number of fused-ring (bicyclic) bond motifs is 1. The van der Waals surface area contributed by atoms with Crippen LogP contribution in [0.25, 0.3) is 10.9 Å². The minimum absolute atomic E-state index is 0.0247. The molecule has 0 aliphatic rings. The Balaban J connectivity index is 1.76. The molecule has 1 aromatic heterocycles. The van der Waals surface area contributed by atoms with Crippen molar-refractivity contribution in [2.24, 2.45) is 0 Å². The van der Waals surface area contributed by atoms with E-state index < -0.39 is 0 Å². The Hall–Kier alpha value is -1.50. The van der Waals surface area contributed by atoms with Gasteiger partial charge in [-0.3, -0.25) is 9.36 Å². The SMILES string of the molecule is CCn1c(SCCOc2ccccc2Cl)nc2ccc(Br)cc2c1=O. The molecule has 130 valence electrons. The number of rotatable bonds is 6. The highest BCUT2D eigenvalue weighted by atomic mass is 79.9. The van der Waals surface area contributed by atoms with Crippen molar-refractivity contribution in [3.63, 3.8) is 0 Å². The number of hydrogen-bond donors (Lipinski definition) is 0. The van der Waals surface area contributed by atoms with Crippen LogP contribution in [-0.2, 0) is 6.54 Å². The molecule has 0 radical (unpaired) electrons. The molecule has 7 heteroatoms. The van der Waals surface area contributed by atoms with Gasteiger partial charge in [0.2, 0.25) is 0 Å². The lowest BCUT2D eigenvalue weighted by atomic mass is 10.2. The molecule has 0 spiro atoms. The van der Waals surface area contributed by atoms with Gasteiger partial charge >= 0.3 is 0 Å². The van der Waals surface area contributed by atoms with Gasteiger partial charge in [-0.2, -0.15) is 0 Å². The van der Waals surface area contributed by atoms with Gasteiger partial charge in [0.25, 0.3) is 5.56 Å². The molecule has 0 aliphatic carbocycles. The van der Waals surface area contributed by atoms with Crippen molar-refractivity contribution < 1.29 is 4.74 Å². The topological polar surface area (TPSA) is 44.1 Å². The van der Waals surface area contributed by atoms with E-state index in [-0.39, 0.29) is 5.56 Å². The van der Waals surface area contributed by atoms with Crippen molar-refractivity contribution in [3.05, 3.63) is 62.3 Å². The number of thioether (sulfide) groups is 1. The van der Waals surface area contributed by atoms with E-state index in [9.17, 15) is 4.79 Å². The Morgan fingerprint density at radius 1 is 1.28 bits per heavy atom. The summed E-state index contributed by atoms with van der Waals surface area (Å²) in [5.74, 6) is 1.33. The first-order valence-electron chi connectivity index (χ1n) is 7.80. The summed E-state index contributed by atoms with van der Waals surface area (Å²) in [4.78, 5) is 17.3. The highest BCUT2D eigenvalue weighted by Crippen LogP contribution is 2.24. The first-order chi connectivity index (χ1) is 12.1. The average molecular weight is 440 g/mol. The lowest BCUT2D eigenvalue weighted by Crippen LogP contribution is -2.22. The third kappa shape index (κ3) is 4.19. The van der Waals surface area contributed by atoms with Gasteiger partial charge < -0.3 is 4.74 Å². The van der Waals surface area contributed by atoms with E-state index in [1.807, 2.05) is 43.3 Å². The molecule has 0 amide bonds. The summed E-state index contributed by atoms with van der Waals surface area (Å²) in [5.41, 5.74) is 0.677. The highest BCUT2D eigenvalue weighted by molar-refractivity contribution is 9.10. The zero-order valence-electron chi connectivity index (χ0n) is 13.5. The maximum Gasteiger partial charge on any atom is 0.262 e. The van der Waals surface area contributed by atoms with Crippen LogP contribution in [0, 0.1) is 0 Å². The Morgan fingerprint density at radius 2 is 2.08 bits per heavy atom. The fourth-order valence-corrected chi connectivity index (χ4v) is 3.84. The van der Waals surface area contributed by atoms with Gasteiger partial charge in [-0.05, 0) is 37.3 Å². The number of halogens is 2. The molecule has 25 heavy (non-hydrogen) atoms. The van der Waals surface area contributed by atoms with Crippen LogP contribution in [0.1, 0.15) is 6.92 Å². The van der Waals surface area contributed by atoms with Crippen LogP contribution >= 0.6 is 39.3 Å². The summed E-state index contributed by atoms with van der Waals surface area (Å²) >= 11 is 11.0. The van der Waals surface area contributed by atoms with Crippen molar-refractivity contribution in [3.8, 4) is 5.75 Å². The first kappa shape index (κ1) is 18.3. The number of aromatic nitrogens is 2. The fourth-order valence-electron chi connectivity index (χ4n) is 2.41. The van der Waals surface area contributed by atoms with Gasteiger partial charge in [0, 0.05) is 16.8 Å². The second kappa shape index (κ2) is 8.25. The molecule has 1 heterocycles. The van der Waals surface area contributed by atoms with E-state index in [2.05, 4.69) is 20.9 Å². The smallest absolute Gasteiger partial charge is 0.262 e. The second-order valence-electron chi connectivity index (χ2n) is 5.23. The molecule has 2 aromatic carbocycles. The Bertz CT molecular complexity index is 961. The third-order valence-corrected chi connectivity index (χ3v) is 5.35. The molecule has 3 aromatic rings.